The van der Waals surface area contributed by atoms with Crippen molar-refractivity contribution >= 4 is 28.5 Å². The number of rotatable bonds is 6. The van der Waals surface area contributed by atoms with Crippen molar-refractivity contribution in [3.05, 3.63) is 66.4 Å². The molecule has 1 aromatic heterocycles. The summed E-state index contributed by atoms with van der Waals surface area (Å²) in [6.45, 7) is 6.13. The molecule has 0 spiro atoms. The molecule has 0 radical (unpaired) electrons. The molecule has 2 fully saturated rings. The number of hydrogen-bond acceptors (Lipinski definition) is 5. The topological polar surface area (TPSA) is 60.2 Å². The Kier molecular flexibility index (Phi) is 7.16. The molecular weight excluding hydrogens is 440 g/mol. The van der Waals surface area contributed by atoms with E-state index in [9.17, 15) is 9.59 Å². The second-order valence-electron chi connectivity index (χ2n) is 9.67. The molecule has 0 bridgehead atoms. The van der Waals surface area contributed by atoms with Crippen molar-refractivity contribution in [1.82, 2.24) is 14.7 Å². The number of hydrogen-bond donors (Lipinski definition) is 0. The maximum absolute atomic E-state index is 13.5. The first-order valence-corrected chi connectivity index (χ1v) is 12.6. The second-order valence-corrected chi connectivity index (χ2v) is 9.67. The van der Waals surface area contributed by atoms with Crippen molar-refractivity contribution in [3.8, 4) is 0 Å². The van der Waals surface area contributed by atoms with Gasteiger partial charge in [-0.1, -0.05) is 36.4 Å². The number of carbonyl (C=O) groups excluding carboxylic acids is 2. The predicted octanol–water partition coefficient (Wildman–Crippen LogP) is 3.71. The zero-order valence-corrected chi connectivity index (χ0v) is 20.4. The Bertz CT molecular complexity index is 1110. The number of fused-ring (bicyclic) bond motifs is 1. The Balaban J connectivity index is 1.23. The maximum Gasteiger partial charge on any atom is 0.289 e. The number of piperidine rings is 1. The van der Waals surface area contributed by atoms with Gasteiger partial charge in [-0.2, -0.15) is 0 Å². The zero-order chi connectivity index (χ0) is 24.2. The summed E-state index contributed by atoms with van der Waals surface area (Å²) in [6, 6.07) is 19.5. The van der Waals surface area contributed by atoms with Crippen molar-refractivity contribution in [2.75, 3.05) is 57.8 Å². The molecule has 0 saturated carbocycles. The predicted molar refractivity (Wildman–Crippen MR) is 138 cm³/mol. The fraction of sp³-hybridized carbons (Fsp3) is 0.429. The third-order valence-corrected chi connectivity index (χ3v) is 7.29. The lowest BCUT2D eigenvalue weighted by Gasteiger charge is -2.39. The fourth-order valence-electron chi connectivity index (χ4n) is 5.16. The Hall–Kier alpha value is -3.16. The third-order valence-electron chi connectivity index (χ3n) is 7.29. The smallest absolute Gasteiger partial charge is 0.289 e. The normalized spacial score (nSPS) is 18.1. The molecule has 0 aliphatic carbocycles. The quantitative estimate of drug-likeness (QED) is 0.545. The number of likely N-dealkylation sites (N-methyl/N-ethyl adjacent to an activating group) is 1. The summed E-state index contributed by atoms with van der Waals surface area (Å²) in [4.78, 5) is 35.1. The van der Waals surface area contributed by atoms with Crippen LogP contribution in [0.2, 0.25) is 0 Å². The van der Waals surface area contributed by atoms with E-state index >= 15 is 0 Å². The molecular formula is C28H34N4O3. The molecule has 35 heavy (non-hydrogen) atoms. The number of carbonyl (C=O) groups is 2. The van der Waals surface area contributed by atoms with Crippen LogP contribution in [-0.4, -0.2) is 85.4 Å². The summed E-state index contributed by atoms with van der Waals surface area (Å²) < 4.78 is 5.80. The van der Waals surface area contributed by atoms with Crippen LogP contribution in [-0.2, 0) is 4.79 Å². The van der Waals surface area contributed by atoms with Crippen LogP contribution >= 0.6 is 0 Å². The third kappa shape index (κ3) is 5.41. The summed E-state index contributed by atoms with van der Waals surface area (Å²) in [7, 11) is 2.14. The van der Waals surface area contributed by atoms with Crippen molar-refractivity contribution < 1.29 is 14.0 Å². The summed E-state index contributed by atoms with van der Waals surface area (Å²) in [6.07, 6.45) is 2.01. The molecule has 0 atom stereocenters. The minimum Gasteiger partial charge on any atom is -0.451 e. The van der Waals surface area contributed by atoms with Gasteiger partial charge in [0.25, 0.3) is 5.91 Å². The van der Waals surface area contributed by atoms with Gasteiger partial charge in [-0.05, 0) is 44.2 Å². The monoisotopic (exact) mass is 474 g/mol. The molecule has 184 valence electrons. The lowest BCUT2D eigenvalue weighted by molar-refractivity contribution is -0.119. The van der Waals surface area contributed by atoms with E-state index in [1.807, 2.05) is 70.5 Å². The number of nitrogens with zero attached hydrogens (tertiary/aromatic N) is 4. The first kappa shape index (κ1) is 23.6. The molecule has 0 unspecified atom stereocenters. The highest BCUT2D eigenvalue weighted by Crippen LogP contribution is 2.27. The van der Waals surface area contributed by atoms with Crippen LogP contribution in [0, 0.1) is 0 Å². The van der Waals surface area contributed by atoms with Gasteiger partial charge in [0.1, 0.15) is 5.58 Å². The molecule has 7 heteroatoms. The molecule has 2 aromatic carbocycles. The molecule has 5 rings (SSSR count). The van der Waals surface area contributed by atoms with Gasteiger partial charge in [-0.25, -0.2) is 0 Å². The molecule has 0 N–H and O–H groups in total. The Labute approximate surface area is 206 Å². The highest BCUT2D eigenvalue weighted by Gasteiger charge is 2.32. The Morgan fingerprint density at radius 1 is 0.914 bits per heavy atom. The van der Waals surface area contributed by atoms with Crippen LogP contribution in [0.5, 0.6) is 0 Å². The SMILES string of the molecule is CN1CCN(CCC(=O)N(c2ccccc2)C2CCN(C(=O)c3cc4ccccc4o3)CC2)CC1. The summed E-state index contributed by atoms with van der Waals surface area (Å²) >= 11 is 0. The number of anilines is 1. The van der Waals surface area contributed by atoms with Crippen LogP contribution in [0.25, 0.3) is 11.0 Å². The van der Waals surface area contributed by atoms with E-state index in [0.717, 1.165) is 62.2 Å². The Morgan fingerprint density at radius 2 is 1.60 bits per heavy atom. The molecule has 3 aromatic rings. The van der Waals surface area contributed by atoms with Crippen LogP contribution in [0.3, 0.4) is 0 Å². The van der Waals surface area contributed by atoms with Gasteiger partial charge in [-0.15, -0.1) is 0 Å². The number of likely N-dealkylation sites (tertiary alicyclic amines) is 1. The van der Waals surface area contributed by atoms with Gasteiger partial charge in [0.2, 0.25) is 5.91 Å². The number of amides is 2. The molecule has 3 heterocycles. The van der Waals surface area contributed by atoms with E-state index in [-0.39, 0.29) is 17.9 Å². The van der Waals surface area contributed by atoms with Gasteiger partial charge in [0.05, 0.1) is 0 Å². The standard InChI is InChI=1S/C28H34N4O3/c1-29-17-19-30(20-18-29)14-13-27(33)32(23-8-3-2-4-9-23)24-11-15-31(16-12-24)28(34)26-21-22-7-5-6-10-25(22)35-26/h2-10,21,24H,11-20H2,1H3. The maximum atomic E-state index is 13.5. The first-order valence-electron chi connectivity index (χ1n) is 12.6. The summed E-state index contributed by atoms with van der Waals surface area (Å²) in [5.41, 5.74) is 1.67. The number of furan rings is 1. The van der Waals surface area contributed by atoms with Crippen molar-refractivity contribution in [1.29, 1.82) is 0 Å². The van der Waals surface area contributed by atoms with Gasteiger partial charge in [-0.3, -0.25) is 9.59 Å². The highest BCUT2D eigenvalue weighted by molar-refractivity contribution is 5.96. The van der Waals surface area contributed by atoms with E-state index in [1.165, 1.54) is 0 Å². The molecule has 2 aliphatic heterocycles. The average molecular weight is 475 g/mol. The van der Waals surface area contributed by atoms with Crippen molar-refractivity contribution in [2.45, 2.75) is 25.3 Å². The highest BCUT2D eigenvalue weighted by atomic mass is 16.3. The largest absolute Gasteiger partial charge is 0.451 e. The van der Waals surface area contributed by atoms with Gasteiger partial charge in [0, 0.05) is 69.3 Å². The van der Waals surface area contributed by atoms with Crippen LogP contribution in [0.1, 0.15) is 29.8 Å². The molecule has 2 saturated heterocycles. The van der Waals surface area contributed by atoms with Gasteiger partial charge < -0.3 is 24.0 Å². The minimum atomic E-state index is -0.0766. The van der Waals surface area contributed by atoms with Crippen molar-refractivity contribution in [2.24, 2.45) is 0 Å². The van der Waals surface area contributed by atoms with Crippen molar-refractivity contribution in [3.63, 3.8) is 0 Å². The van der Waals surface area contributed by atoms with E-state index in [0.29, 0.717) is 25.3 Å². The molecule has 2 amide bonds. The van der Waals surface area contributed by atoms with E-state index < -0.39 is 0 Å². The van der Waals surface area contributed by atoms with Crippen LogP contribution in [0.4, 0.5) is 5.69 Å². The van der Waals surface area contributed by atoms with Crippen LogP contribution in [0.15, 0.2) is 65.1 Å². The molecule has 2 aliphatic rings. The van der Waals surface area contributed by atoms with Gasteiger partial charge >= 0.3 is 0 Å². The lowest BCUT2D eigenvalue weighted by Crippen LogP contribution is -2.50. The fourth-order valence-corrected chi connectivity index (χ4v) is 5.16. The van der Waals surface area contributed by atoms with E-state index in [4.69, 9.17) is 4.42 Å². The summed E-state index contributed by atoms with van der Waals surface area (Å²) in [5, 5.41) is 0.937. The van der Waals surface area contributed by atoms with Gasteiger partial charge in [0.15, 0.2) is 5.76 Å². The average Bonchev–Trinajstić information content (AvgIpc) is 3.34. The second kappa shape index (κ2) is 10.6. The van der Waals surface area contributed by atoms with E-state index in [2.05, 4.69) is 16.8 Å². The van der Waals surface area contributed by atoms with Crippen LogP contribution < -0.4 is 4.90 Å². The lowest BCUT2D eigenvalue weighted by atomic mass is 10.0. The zero-order valence-electron chi connectivity index (χ0n) is 20.4. The number of piperazine rings is 1. The molecule has 7 nitrogen and oxygen atoms in total. The Morgan fingerprint density at radius 3 is 2.31 bits per heavy atom. The first-order chi connectivity index (χ1) is 17.1. The number of para-hydroxylation sites is 2. The summed E-state index contributed by atoms with van der Waals surface area (Å²) in [5.74, 6) is 0.470. The minimum absolute atomic E-state index is 0.0766. The van der Waals surface area contributed by atoms with E-state index in [1.54, 1.807) is 0 Å². The number of benzene rings is 2.